The topological polar surface area (TPSA) is 123 Å². The smallest absolute Gasteiger partial charge is 0.249 e. The van der Waals surface area contributed by atoms with Crippen molar-refractivity contribution in [1.29, 1.82) is 0 Å². The number of hydrogen-bond donors (Lipinski definition) is 1. The average Bonchev–Trinajstić information content (AvgIpc) is 3.31. The van der Waals surface area contributed by atoms with Gasteiger partial charge < -0.3 is 10.2 Å². The third kappa shape index (κ3) is 5.83. The molecule has 0 spiro atoms. The quantitative estimate of drug-likeness (QED) is 0.210. The monoisotopic (exact) mass is 647 g/mol. The summed E-state index contributed by atoms with van der Waals surface area (Å²) < 4.78 is 15.4. The molecule has 5 rings (SSSR count). The Labute approximate surface area is 256 Å². The number of benzene rings is 1. The minimum absolute atomic E-state index is 0.0253. The number of likely N-dealkylation sites (tertiary alicyclic amines) is 1. The molecule has 2 atom stereocenters. The number of ketones is 1. The molecular weight excluding hydrogens is 617 g/mol. The number of piperidine rings is 1. The second kappa shape index (κ2) is 11.8. The minimum atomic E-state index is -0.873. The van der Waals surface area contributed by atoms with E-state index >= 15 is 0 Å². The predicted molar refractivity (Wildman–Crippen MR) is 164 cm³/mol. The Hall–Kier alpha value is -4.32. The van der Waals surface area contributed by atoms with Gasteiger partial charge >= 0.3 is 0 Å². The Bertz CT molecular complexity index is 1800. The molecule has 222 valence electrons. The highest BCUT2D eigenvalue weighted by Gasteiger charge is 2.40. The summed E-state index contributed by atoms with van der Waals surface area (Å²) in [4.78, 5) is 54.3. The van der Waals surface area contributed by atoms with Crippen LogP contribution in [0.1, 0.15) is 54.1 Å². The van der Waals surface area contributed by atoms with Crippen molar-refractivity contribution in [3.63, 3.8) is 0 Å². The van der Waals surface area contributed by atoms with Crippen LogP contribution in [0.3, 0.4) is 0 Å². The van der Waals surface area contributed by atoms with Crippen molar-refractivity contribution in [1.82, 2.24) is 29.6 Å². The molecule has 10 nitrogen and oxygen atoms in total. The van der Waals surface area contributed by atoms with E-state index < -0.39 is 23.7 Å². The lowest BCUT2D eigenvalue weighted by atomic mass is 9.88. The number of nitrogens with zero attached hydrogens (tertiary/aromatic N) is 6. The van der Waals surface area contributed by atoms with Gasteiger partial charge in [0.25, 0.3) is 0 Å². The Morgan fingerprint density at radius 2 is 1.79 bits per heavy atom. The lowest BCUT2D eigenvalue weighted by Crippen LogP contribution is -2.53. The number of aryl methyl sites for hydroxylation is 3. The molecule has 1 saturated heterocycles. The number of allylic oxidation sites excluding steroid dienone is 1. The van der Waals surface area contributed by atoms with Crippen LogP contribution < -0.4 is 5.32 Å². The van der Waals surface area contributed by atoms with Gasteiger partial charge in [0.1, 0.15) is 34.5 Å². The molecule has 0 bridgehead atoms. The van der Waals surface area contributed by atoms with Gasteiger partial charge in [0.2, 0.25) is 11.8 Å². The summed E-state index contributed by atoms with van der Waals surface area (Å²) >= 11 is 3.06. The zero-order chi connectivity index (χ0) is 31.2. The zero-order valence-corrected chi connectivity index (χ0v) is 26.1. The molecule has 1 unspecified atom stereocenters. The van der Waals surface area contributed by atoms with Gasteiger partial charge in [-0.3, -0.25) is 19.1 Å². The summed E-state index contributed by atoms with van der Waals surface area (Å²) in [6, 6.07) is 4.20. The van der Waals surface area contributed by atoms with Gasteiger partial charge in [0.05, 0.1) is 5.52 Å². The van der Waals surface area contributed by atoms with Crippen molar-refractivity contribution in [2.45, 2.75) is 60.0 Å². The van der Waals surface area contributed by atoms with Crippen molar-refractivity contribution < 1.29 is 18.8 Å². The molecule has 0 aliphatic carbocycles. The number of carbonyl (C=O) groups excluding carboxylic acids is 3. The van der Waals surface area contributed by atoms with E-state index in [9.17, 15) is 18.8 Å². The number of fused-ring (bicyclic) bond motifs is 1. The number of carbonyl (C=O) groups is 3. The van der Waals surface area contributed by atoms with Crippen molar-refractivity contribution in [2.24, 2.45) is 5.92 Å². The summed E-state index contributed by atoms with van der Waals surface area (Å²) in [5.41, 5.74) is 4.26. The summed E-state index contributed by atoms with van der Waals surface area (Å²) in [5, 5.41) is 7.93. The molecule has 0 radical (unpaired) electrons. The Kier molecular flexibility index (Phi) is 8.24. The molecule has 12 heteroatoms. The first kappa shape index (κ1) is 30.1. The lowest BCUT2D eigenvalue weighted by Gasteiger charge is -2.40. The molecule has 2 amide bonds. The van der Waals surface area contributed by atoms with E-state index in [0.717, 1.165) is 16.7 Å². The SMILES string of the molecule is C=C1CCC(C)[C@@H](C(=O)Nc2nc(Br)c(F)cc2C)N1C(=O)Cn1nc(C(C)=O)c2cc(-c3cnc(C)nc3)cc(C)c21. The van der Waals surface area contributed by atoms with Gasteiger partial charge in [-0.25, -0.2) is 19.3 Å². The third-order valence-electron chi connectivity index (χ3n) is 7.72. The highest BCUT2D eigenvalue weighted by Crippen LogP contribution is 2.33. The maximum atomic E-state index is 14.0. The highest BCUT2D eigenvalue weighted by atomic mass is 79.9. The van der Waals surface area contributed by atoms with Gasteiger partial charge in [0, 0.05) is 36.0 Å². The van der Waals surface area contributed by atoms with Gasteiger partial charge in [-0.15, -0.1) is 0 Å². The number of rotatable bonds is 6. The van der Waals surface area contributed by atoms with Crippen LogP contribution in [0.2, 0.25) is 0 Å². The van der Waals surface area contributed by atoms with E-state index in [-0.39, 0.29) is 34.4 Å². The van der Waals surface area contributed by atoms with E-state index in [1.165, 1.54) is 22.6 Å². The molecule has 3 aromatic heterocycles. The second-order valence-corrected chi connectivity index (χ2v) is 11.7. The fourth-order valence-electron chi connectivity index (χ4n) is 5.52. The van der Waals surface area contributed by atoms with E-state index in [2.05, 4.69) is 47.9 Å². The third-order valence-corrected chi connectivity index (χ3v) is 8.27. The Morgan fingerprint density at radius 1 is 1.09 bits per heavy atom. The number of amides is 2. The number of anilines is 1. The highest BCUT2D eigenvalue weighted by molar-refractivity contribution is 9.10. The number of halogens is 2. The van der Waals surface area contributed by atoms with Crippen molar-refractivity contribution in [2.75, 3.05) is 5.32 Å². The standard InChI is InChI=1S/C31H31BrFN7O3/c1-15-7-8-18(4)40(28(15)31(43)37-30-17(3)10-24(33)29(32)36-30)25(42)14-39-27-16(2)9-21(22-12-34-20(6)35-13-22)11-23(27)26(38-39)19(5)41/h9-13,15,28H,4,7-8,14H2,1-3,5-6H3,(H,36,37,43)/t15?,28-/m0/s1. The number of aromatic nitrogens is 5. The van der Waals surface area contributed by atoms with Gasteiger partial charge in [-0.1, -0.05) is 13.5 Å². The number of nitrogens with one attached hydrogen (secondary N) is 1. The molecule has 1 aromatic carbocycles. The molecule has 4 heterocycles. The van der Waals surface area contributed by atoms with E-state index in [1.54, 1.807) is 26.2 Å². The maximum Gasteiger partial charge on any atom is 0.249 e. The molecule has 4 aromatic rings. The van der Waals surface area contributed by atoms with Crippen LogP contribution in [0.15, 0.2) is 47.5 Å². The summed E-state index contributed by atoms with van der Waals surface area (Å²) in [5.74, 6) is -0.976. The Morgan fingerprint density at radius 3 is 2.47 bits per heavy atom. The zero-order valence-electron chi connectivity index (χ0n) is 24.5. The first-order valence-electron chi connectivity index (χ1n) is 13.8. The minimum Gasteiger partial charge on any atom is -0.309 e. The molecule has 1 N–H and O–H groups in total. The number of Topliss-reactive ketones (excluding diaryl/α,β-unsaturated/α-hetero) is 1. The molecule has 0 saturated carbocycles. The normalized spacial score (nSPS) is 16.9. The van der Waals surface area contributed by atoms with Crippen molar-refractivity contribution in [3.8, 4) is 11.1 Å². The van der Waals surface area contributed by atoms with E-state index in [1.807, 2.05) is 26.0 Å². The Balaban J connectivity index is 1.49. The van der Waals surface area contributed by atoms with Crippen LogP contribution >= 0.6 is 15.9 Å². The van der Waals surface area contributed by atoms with Crippen LogP contribution in [0.25, 0.3) is 22.0 Å². The molecule has 43 heavy (non-hydrogen) atoms. The first-order valence-corrected chi connectivity index (χ1v) is 14.6. The van der Waals surface area contributed by atoms with E-state index in [4.69, 9.17) is 0 Å². The molecule has 1 aliphatic heterocycles. The predicted octanol–water partition coefficient (Wildman–Crippen LogP) is 5.70. The van der Waals surface area contributed by atoms with Crippen LogP contribution in [0.4, 0.5) is 10.2 Å². The van der Waals surface area contributed by atoms with Crippen molar-refractivity contribution in [3.05, 3.63) is 75.9 Å². The fourth-order valence-corrected chi connectivity index (χ4v) is 5.81. The van der Waals surface area contributed by atoms with Crippen LogP contribution in [-0.4, -0.2) is 53.3 Å². The second-order valence-electron chi connectivity index (χ2n) is 11.0. The van der Waals surface area contributed by atoms with Crippen molar-refractivity contribution >= 4 is 50.2 Å². The van der Waals surface area contributed by atoms with Gasteiger partial charge in [-0.2, -0.15) is 5.10 Å². The summed E-state index contributed by atoms with van der Waals surface area (Å²) in [6.07, 6.45) is 4.64. The van der Waals surface area contributed by atoms with Gasteiger partial charge in [0.15, 0.2) is 11.6 Å². The van der Waals surface area contributed by atoms with Crippen LogP contribution in [0, 0.1) is 32.5 Å². The average molecular weight is 649 g/mol. The number of pyridine rings is 1. The van der Waals surface area contributed by atoms with Gasteiger partial charge in [-0.05, 0) is 90.4 Å². The first-order chi connectivity index (χ1) is 20.3. The molecule has 1 fully saturated rings. The molecule has 1 aliphatic rings. The fraction of sp³-hybridized carbons (Fsp3) is 0.323. The summed E-state index contributed by atoms with van der Waals surface area (Å²) in [7, 11) is 0. The maximum absolute atomic E-state index is 14.0. The van der Waals surface area contributed by atoms with E-state index in [0.29, 0.717) is 40.8 Å². The lowest BCUT2D eigenvalue weighted by molar-refractivity contribution is -0.140. The number of hydrogen-bond acceptors (Lipinski definition) is 7. The molecular formula is C31H31BrFN7O3. The van der Waals surface area contributed by atoms with Crippen LogP contribution in [-0.2, 0) is 16.1 Å². The largest absolute Gasteiger partial charge is 0.309 e. The van der Waals surface area contributed by atoms with Crippen LogP contribution in [0.5, 0.6) is 0 Å². The summed E-state index contributed by atoms with van der Waals surface area (Å²) in [6.45, 7) is 12.5.